The van der Waals surface area contributed by atoms with Crippen molar-refractivity contribution >= 4 is 34.2 Å². The van der Waals surface area contributed by atoms with Crippen molar-refractivity contribution in [3.8, 4) is 0 Å². The molecule has 1 fully saturated rings. The Kier molecular flexibility index (Phi) is 6.66. The molecular formula is C23H27N5O3S. The Labute approximate surface area is 190 Å². The summed E-state index contributed by atoms with van der Waals surface area (Å²) in [6, 6.07) is 5.36. The van der Waals surface area contributed by atoms with Crippen LogP contribution in [0.15, 0.2) is 40.0 Å². The van der Waals surface area contributed by atoms with E-state index in [1.807, 2.05) is 29.2 Å². The molecule has 0 atom stereocenters. The molecule has 1 aliphatic rings. The van der Waals surface area contributed by atoms with E-state index in [0.717, 1.165) is 12.2 Å². The van der Waals surface area contributed by atoms with E-state index in [1.165, 1.54) is 11.3 Å². The molecule has 32 heavy (non-hydrogen) atoms. The van der Waals surface area contributed by atoms with E-state index < -0.39 is 0 Å². The number of rotatable bonds is 6. The second kappa shape index (κ2) is 9.62. The Morgan fingerprint density at radius 1 is 1.16 bits per heavy atom. The maximum atomic E-state index is 13.2. The van der Waals surface area contributed by atoms with Gasteiger partial charge in [0.2, 0.25) is 5.43 Å². The van der Waals surface area contributed by atoms with Crippen molar-refractivity contribution in [2.24, 2.45) is 0 Å². The van der Waals surface area contributed by atoms with Crippen LogP contribution in [0, 0.1) is 6.92 Å². The Balaban J connectivity index is 1.38. The number of fused-ring (bicyclic) bond motifs is 1. The van der Waals surface area contributed by atoms with Crippen LogP contribution >= 0.6 is 11.3 Å². The summed E-state index contributed by atoms with van der Waals surface area (Å²) < 4.78 is 1.86. The molecular weight excluding hydrogens is 426 g/mol. The van der Waals surface area contributed by atoms with Crippen molar-refractivity contribution in [2.45, 2.75) is 20.4 Å². The fourth-order valence-electron chi connectivity index (χ4n) is 3.92. The van der Waals surface area contributed by atoms with Gasteiger partial charge in [-0.2, -0.15) is 11.3 Å². The number of hydrogen-bond donors (Lipinski definition) is 1. The number of hydrogen-bond acceptors (Lipinski definition) is 6. The quantitative estimate of drug-likeness (QED) is 0.617. The first-order valence-electron chi connectivity index (χ1n) is 10.8. The zero-order valence-corrected chi connectivity index (χ0v) is 19.2. The third-order valence-corrected chi connectivity index (χ3v) is 6.47. The molecule has 0 bridgehead atoms. The molecule has 168 valence electrons. The summed E-state index contributed by atoms with van der Waals surface area (Å²) in [5.74, 6) is -0.293. The van der Waals surface area contributed by atoms with Crippen LogP contribution in [0.5, 0.6) is 0 Å². The second-order valence-corrected chi connectivity index (χ2v) is 8.66. The van der Waals surface area contributed by atoms with Crippen molar-refractivity contribution in [3.05, 3.63) is 62.2 Å². The van der Waals surface area contributed by atoms with Crippen LogP contribution in [-0.4, -0.2) is 70.4 Å². The summed E-state index contributed by atoms with van der Waals surface area (Å²) in [6.07, 6.45) is 1.64. The number of amides is 2. The summed E-state index contributed by atoms with van der Waals surface area (Å²) in [4.78, 5) is 46.6. The van der Waals surface area contributed by atoms with E-state index in [4.69, 9.17) is 0 Å². The van der Waals surface area contributed by atoms with Crippen LogP contribution in [0.2, 0.25) is 0 Å². The molecule has 0 spiro atoms. The van der Waals surface area contributed by atoms with Crippen LogP contribution in [0.1, 0.15) is 33.3 Å². The SMILES string of the molecule is CCn1cc(C(=O)N2CCN(CCNC(=O)c3ccsc3)CC2)c(=O)c2ccc(C)nc21. The highest BCUT2D eigenvalue weighted by Crippen LogP contribution is 2.13. The molecule has 0 unspecified atom stereocenters. The van der Waals surface area contributed by atoms with E-state index >= 15 is 0 Å². The summed E-state index contributed by atoms with van der Waals surface area (Å²) in [6.45, 7) is 8.27. The minimum atomic E-state index is -0.263. The van der Waals surface area contributed by atoms with E-state index in [0.29, 0.717) is 55.9 Å². The standard InChI is InChI=1S/C23H27N5O3S/c1-3-27-14-19(20(29)18-5-4-16(2)25-21(18)27)23(31)28-11-9-26(10-12-28)8-7-24-22(30)17-6-13-32-15-17/h4-6,13-15H,3,7-12H2,1-2H3,(H,24,30). The predicted molar refractivity (Wildman–Crippen MR) is 125 cm³/mol. The predicted octanol–water partition coefficient (Wildman–Crippen LogP) is 1.97. The largest absolute Gasteiger partial charge is 0.351 e. The molecule has 0 aromatic carbocycles. The summed E-state index contributed by atoms with van der Waals surface area (Å²) in [5, 5.41) is 7.12. The van der Waals surface area contributed by atoms with Gasteiger partial charge in [0.25, 0.3) is 11.8 Å². The molecule has 1 N–H and O–H groups in total. The number of aryl methyl sites for hydroxylation is 2. The highest BCUT2D eigenvalue weighted by molar-refractivity contribution is 7.08. The zero-order chi connectivity index (χ0) is 22.7. The van der Waals surface area contributed by atoms with Gasteiger partial charge in [0, 0.05) is 68.6 Å². The van der Waals surface area contributed by atoms with Crippen LogP contribution in [0.25, 0.3) is 11.0 Å². The smallest absolute Gasteiger partial charge is 0.259 e. The van der Waals surface area contributed by atoms with Gasteiger partial charge >= 0.3 is 0 Å². The monoisotopic (exact) mass is 453 g/mol. The lowest BCUT2D eigenvalue weighted by Crippen LogP contribution is -2.51. The Morgan fingerprint density at radius 3 is 2.62 bits per heavy atom. The van der Waals surface area contributed by atoms with Crippen LogP contribution in [-0.2, 0) is 6.54 Å². The van der Waals surface area contributed by atoms with Crippen molar-refractivity contribution < 1.29 is 9.59 Å². The number of pyridine rings is 2. The Bertz CT molecular complexity index is 1180. The van der Waals surface area contributed by atoms with Gasteiger partial charge in [0.05, 0.1) is 5.39 Å². The van der Waals surface area contributed by atoms with Crippen LogP contribution < -0.4 is 10.7 Å². The van der Waals surface area contributed by atoms with Gasteiger partial charge in [-0.25, -0.2) is 4.98 Å². The van der Waals surface area contributed by atoms with E-state index in [1.54, 1.807) is 29.3 Å². The molecule has 2 amide bonds. The van der Waals surface area contributed by atoms with Gasteiger partial charge < -0.3 is 14.8 Å². The summed E-state index contributed by atoms with van der Waals surface area (Å²) in [7, 11) is 0. The molecule has 1 saturated heterocycles. The van der Waals surface area contributed by atoms with Crippen molar-refractivity contribution in [1.82, 2.24) is 24.7 Å². The van der Waals surface area contributed by atoms with Gasteiger partial charge in [0.15, 0.2) is 0 Å². The van der Waals surface area contributed by atoms with E-state index in [9.17, 15) is 14.4 Å². The molecule has 8 nitrogen and oxygen atoms in total. The molecule has 1 aliphatic heterocycles. The molecule has 0 saturated carbocycles. The third kappa shape index (κ3) is 4.58. The number of thiophene rings is 1. The van der Waals surface area contributed by atoms with Gasteiger partial charge in [0.1, 0.15) is 11.2 Å². The normalized spacial score (nSPS) is 14.6. The fraction of sp³-hybridized carbons (Fsp3) is 0.391. The molecule has 4 rings (SSSR count). The first-order chi connectivity index (χ1) is 15.5. The first-order valence-corrected chi connectivity index (χ1v) is 11.7. The number of nitrogens with one attached hydrogen (secondary N) is 1. The average molecular weight is 454 g/mol. The van der Waals surface area contributed by atoms with Crippen LogP contribution in [0.4, 0.5) is 0 Å². The summed E-state index contributed by atoms with van der Waals surface area (Å²) >= 11 is 1.50. The Hall–Kier alpha value is -3.04. The topological polar surface area (TPSA) is 87.5 Å². The maximum Gasteiger partial charge on any atom is 0.259 e. The van der Waals surface area contributed by atoms with Gasteiger partial charge in [-0.05, 0) is 37.4 Å². The number of carbonyl (C=O) groups is 2. The van der Waals surface area contributed by atoms with Crippen molar-refractivity contribution in [1.29, 1.82) is 0 Å². The second-order valence-electron chi connectivity index (χ2n) is 7.88. The van der Waals surface area contributed by atoms with E-state index in [2.05, 4.69) is 15.2 Å². The summed E-state index contributed by atoms with van der Waals surface area (Å²) in [5.41, 5.74) is 2.07. The molecule has 0 aliphatic carbocycles. The minimum Gasteiger partial charge on any atom is -0.351 e. The van der Waals surface area contributed by atoms with E-state index in [-0.39, 0.29) is 22.8 Å². The number of nitrogens with zero attached hydrogens (tertiary/aromatic N) is 4. The van der Waals surface area contributed by atoms with Crippen LogP contribution in [0.3, 0.4) is 0 Å². The molecule has 9 heteroatoms. The van der Waals surface area contributed by atoms with Gasteiger partial charge in [-0.1, -0.05) is 0 Å². The molecule has 3 aromatic rings. The molecule has 4 heterocycles. The first kappa shape index (κ1) is 22.2. The van der Waals surface area contributed by atoms with Gasteiger partial charge in [-0.3, -0.25) is 19.3 Å². The maximum absolute atomic E-state index is 13.2. The zero-order valence-electron chi connectivity index (χ0n) is 18.3. The molecule has 3 aromatic heterocycles. The highest BCUT2D eigenvalue weighted by atomic mass is 32.1. The number of piperazine rings is 1. The van der Waals surface area contributed by atoms with Crippen molar-refractivity contribution in [2.75, 3.05) is 39.3 Å². The minimum absolute atomic E-state index is 0.0618. The number of aromatic nitrogens is 2. The lowest BCUT2D eigenvalue weighted by atomic mass is 10.1. The molecule has 0 radical (unpaired) electrons. The Morgan fingerprint density at radius 2 is 1.94 bits per heavy atom. The average Bonchev–Trinajstić information content (AvgIpc) is 3.34. The lowest BCUT2D eigenvalue weighted by Gasteiger charge is -2.34. The van der Waals surface area contributed by atoms with Crippen molar-refractivity contribution in [3.63, 3.8) is 0 Å². The fourth-order valence-corrected chi connectivity index (χ4v) is 4.56. The number of carbonyl (C=O) groups excluding carboxylic acids is 2. The third-order valence-electron chi connectivity index (χ3n) is 5.79. The highest BCUT2D eigenvalue weighted by Gasteiger charge is 2.25. The van der Waals surface area contributed by atoms with Gasteiger partial charge in [-0.15, -0.1) is 0 Å². The lowest BCUT2D eigenvalue weighted by molar-refractivity contribution is 0.0636.